The Morgan fingerprint density at radius 1 is 1.14 bits per heavy atom. The van der Waals surface area contributed by atoms with E-state index in [-0.39, 0.29) is 5.56 Å². The first kappa shape index (κ1) is 18.7. The smallest absolute Gasteiger partial charge is 0.266 e. The summed E-state index contributed by atoms with van der Waals surface area (Å²) in [6.07, 6.45) is 0.703. The fraction of sp³-hybridized carbons (Fsp3) is 0.200. The van der Waals surface area contributed by atoms with Crippen LogP contribution in [0.3, 0.4) is 0 Å². The summed E-state index contributed by atoms with van der Waals surface area (Å²) in [6.45, 7) is 3.85. The van der Waals surface area contributed by atoms with Gasteiger partial charge in [-0.25, -0.2) is 4.98 Å². The van der Waals surface area contributed by atoms with E-state index < -0.39 is 0 Å². The Balaban J connectivity index is 1.86. The van der Waals surface area contributed by atoms with Crippen LogP contribution in [0, 0.1) is 6.92 Å². The van der Waals surface area contributed by atoms with Gasteiger partial charge in [-0.1, -0.05) is 53.6 Å². The number of thioether (sulfide) groups is 1. The maximum Gasteiger partial charge on any atom is 0.266 e. The highest BCUT2D eigenvalue weighted by Gasteiger charge is 2.17. The average Bonchev–Trinajstić information content (AvgIpc) is 3.17. The Hall–Kier alpha value is -2.64. The second-order valence-electron chi connectivity index (χ2n) is 6.18. The number of fused-ring (bicyclic) bond motifs is 1. The first-order valence-electron chi connectivity index (χ1n) is 8.80. The van der Waals surface area contributed by atoms with Crippen LogP contribution < -0.4 is 5.56 Å². The standard InChI is InChI=1S/C20H17ClN4O2S/c1-3-17-23-18(27-24-17)11-28-20-22-15-9-5-4-7-13(15)19(26)25(20)16-10-6-8-14(21)12(16)2/h4-10H,3,11H2,1-2H3. The molecule has 2 aromatic carbocycles. The minimum atomic E-state index is -0.141. The molecule has 2 heterocycles. The number of hydrogen-bond donors (Lipinski definition) is 0. The van der Waals surface area contributed by atoms with Crippen LogP contribution in [0.15, 0.2) is 56.9 Å². The molecule has 0 unspecified atom stereocenters. The third kappa shape index (κ3) is 3.43. The van der Waals surface area contributed by atoms with Crippen molar-refractivity contribution in [3.63, 3.8) is 0 Å². The van der Waals surface area contributed by atoms with Gasteiger partial charge in [-0.15, -0.1) is 0 Å². The molecule has 6 nitrogen and oxygen atoms in total. The zero-order valence-corrected chi connectivity index (χ0v) is 16.9. The summed E-state index contributed by atoms with van der Waals surface area (Å²) in [7, 11) is 0. The monoisotopic (exact) mass is 412 g/mol. The molecule has 0 saturated heterocycles. The van der Waals surface area contributed by atoms with Gasteiger partial charge >= 0.3 is 0 Å². The molecular weight excluding hydrogens is 396 g/mol. The Kier molecular flexibility index (Phi) is 5.19. The van der Waals surface area contributed by atoms with Crippen molar-refractivity contribution in [2.45, 2.75) is 31.2 Å². The van der Waals surface area contributed by atoms with Crippen molar-refractivity contribution < 1.29 is 4.52 Å². The molecule has 142 valence electrons. The molecule has 0 radical (unpaired) electrons. The van der Waals surface area contributed by atoms with Gasteiger partial charge < -0.3 is 4.52 Å². The summed E-state index contributed by atoms with van der Waals surface area (Å²) >= 11 is 7.68. The number of halogens is 1. The van der Waals surface area contributed by atoms with Crippen LogP contribution >= 0.6 is 23.4 Å². The zero-order chi connectivity index (χ0) is 19.7. The molecule has 4 aromatic rings. The Labute approximate surface area is 170 Å². The van der Waals surface area contributed by atoms with E-state index in [2.05, 4.69) is 10.1 Å². The molecule has 0 bridgehead atoms. The quantitative estimate of drug-likeness (QED) is 0.352. The number of benzene rings is 2. The highest BCUT2D eigenvalue weighted by Crippen LogP contribution is 2.28. The lowest BCUT2D eigenvalue weighted by molar-refractivity contribution is 0.385. The van der Waals surface area contributed by atoms with Gasteiger partial charge in [-0.3, -0.25) is 9.36 Å². The van der Waals surface area contributed by atoms with Crippen molar-refractivity contribution in [2.75, 3.05) is 0 Å². The number of hydrogen-bond acceptors (Lipinski definition) is 6. The maximum absolute atomic E-state index is 13.3. The van der Waals surface area contributed by atoms with Crippen molar-refractivity contribution >= 4 is 34.3 Å². The van der Waals surface area contributed by atoms with E-state index in [4.69, 9.17) is 21.1 Å². The van der Waals surface area contributed by atoms with Gasteiger partial charge in [0.25, 0.3) is 5.56 Å². The van der Waals surface area contributed by atoms with Crippen LogP contribution in [0.25, 0.3) is 16.6 Å². The second-order valence-corrected chi connectivity index (χ2v) is 7.53. The summed E-state index contributed by atoms with van der Waals surface area (Å²) < 4.78 is 6.87. The predicted molar refractivity (Wildman–Crippen MR) is 110 cm³/mol. The van der Waals surface area contributed by atoms with Crippen LogP contribution in [0.4, 0.5) is 0 Å². The molecule has 0 amide bonds. The molecule has 0 fully saturated rings. The Morgan fingerprint density at radius 3 is 2.75 bits per heavy atom. The number of aryl methyl sites for hydroxylation is 1. The van der Waals surface area contributed by atoms with E-state index in [9.17, 15) is 4.79 Å². The Morgan fingerprint density at radius 2 is 1.96 bits per heavy atom. The first-order valence-corrected chi connectivity index (χ1v) is 10.2. The van der Waals surface area contributed by atoms with E-state index in [0.717, 1.165) is 5.56 Å². The molecule has 0 spiro atoms. The topological polar surface area (TPSA) is 73.8 Å². The molecule has 0 N–H and O–H groups in total. The third-order valence-corrected chi connectivity index (χ3v) is 5.71. The van der Waals surface area contributed by atoms with Crippen molar-refractivity contribution in [2.24, 2.45) is 0 Å². The molecule has 8 heteroatoms. The summed E-state index contributed by atoms with van der Waals surface area (Å²) in [5.41, 5.74) is 2.03. The van der Waals surface area contributed by atoms with Gasteiger partial charge in [0.1, 0.15) is 0 Å². The van der Waals surface area contributed by atoms with Gasteiger partial charge in [0.2, 0.25) is 5.89 Å². The van der Waals surface area contributed by atoms with Crippen LogP contribution in [-0.2, 0) is 12.2 Å². The SMILES string of the molecule is CCc1noc(CSc2nc3ccccc3c(=O)n2-c2cccc(Cl)c2C)n1. The molecule has 0 saturated carbocycles. The average molecular weight is 413 g/mol. The van der Waals surface area contributed by atoms with Crippen molar-refractivity contribution in [3.05, 3.63) is 75.1 Å². The van der Waals surface area contributed by atoms with Crippen LogP contribution in [0.2, 0.25) is 5.02 Å². The van der Waals surface area contributed by atoms with Gasteiger partial charge in [0.15, 0.2) is 11.0 Å². The van der Waals surface area contributed by atoms with Crippen molar-refractivity contribution in [1.82, 2.24) is 19.7 Å². The van der Waals surface area contributed by atoms with Gasteiger partial charge in [-0.2, -0.15) is 4.98 Å². The third-order valence-electron chi connectivity index (χ3n) is 4.38. The number of rotatable bonds is 5. The largest absolute Gasteiger partial charge is 0.338 e. The molecule has 28 heavy (non-hydrogen) atoms. The number of aromatic nitrogens is 4. The highest BCUT2D eigenvalue weighted by molar-refractivity contribution is 7.98. The zero-order valence-electron chi connectivity index (χ0n) is 15.3. The van der Waals surface area contributed by atoms with Gasteiger partial charge in [0.05, 0.1) is 22.3 Å². The fourth-order valence-electron chi connectivity index (χ4n) is 2.88. The summed E-state index contributed by atoms with van der Waals surface area (Å²) in [6, 6.07) is 12.8. The van der Waals surface area contributed by atoms with Crippen molar-refractivity contribution in [1.29, 1.82) is 0 Å². The minimum Gasteiger partial charge on any atom is -0.338 e. The number of nitrogens with zero attached hydrogens (tertiary/aromatic N) is 4. The molecule has 0 aliphatic carbocycles. The molecule has 0 aliphatic heterocycles. The Bertz CT molecular complexity index is 1220. The van der Waals surface area contributed by atoms with Gasteiger partial charge in [0, 0.05) is 11.4 Å². The minimum absolute atomic E-state index is 0.141. The lowest BCUT2D eigenvalue weighted by Crippen LogP contribution is -2.22. The highest BCUT2D eigenvalue weighted by atomic mass is 35.5. The lowest BCUT2D eigenvalue weighted by Gasteiger charge is -2.15. The molecule has 0 aliphatic rings. The normalized spacial score (nSPS) is 11.2. The number of para-hydroxylation sites is 1. The maximum atomic E-state index is 13.3. The lowest BCUT2D eigenvalue weighted by atomic mass is 10.2. The van der Waals surface area contributed by atoms with E-state index >= 15 is 0 Å². The molecule has 4 rings (SSSR count). The summed E-state index contributed by atoms with van der Waals surface area (Å²) in [4.78, 5) is 22.3. The second kappa shape index (κ2) is 7.77. The van der Waals surface area contributed by atoms with E-state index in [1.807, 2.05) is 44.2 Å². The summed E-state index contributed by atoms with van der Waals surface area (Å²) in [5.74, 6) is 1.57. The summed E-state index contributed by atoms with van der Waals surface area (Å²) in [5, 5.41) is 5.61. The van der Waals surface area contributed by atoms with Gasteiger partial charge in [-0.05, 0) is 36.8 Å². The van der Waals surface area contributed by atoms with E-state index in [1.165, 1.54) is 11.8 Å². The van der Waals surface area contributed by atoms with Crippen LogP contribution in [-0.4, -0.2) is 19.7 Å². The van der Waals surface area contributed by atoms with Crippen molar-refractivity contribution in [3.8, 4) is 5.69 Å². The van der Waals surface area contributed by atoms with Crippen LogP contribution in [0.1, 0.15) is 24.2 Å². The molecule has 0 atom stereocenters. The van der Waals surface area contributed by atoms with E-state index in [1.54, 1.807) is 16.7 Å². The molecular formula is C20H17ClN4O2S. The predicted octanol–water partition coefficient (Wildman–Crippen LogP) is 4.59. The molecule has 2 aromatic heterocycles. The fourth-order valence-corrected chi connectivity index (χ4v) is 3.89. The van der Waals surface area contributed by atoms with Crippen LogP contribution in [0.5, 0.6) is 0 Å². The first-order chi connectivity index (χ1) is 13.6. The van der Waals surface area contributed by atoms with E-state index in [0.29, 0.717) is 50.7 Å².